The highest BCUT2D eigenvalue weighted by molar-refractivity contribution is 8.00. The molecule has 82 valence electrons. The normalized spacial score (nSPS) is 47.1. The Hall–Kier alpha value is 0.270. The van der Waals surface area contributed by atoms with Gasteiger partial charge in [0.05, 0.1) is 12.2 Å². The molecule has 0 aromatic heterocycles. The van der Waals surface area contributed by atoms with E-state index in [1.54, 1.807) is 0 Å². The van der Waals surface area contributed by atoms with Crippen LogP contribution in [0, 0.1) is 0 Å². The molecule has 3 heteroatoms. The standard InChI is InChI=1S/C11H21NOS/c1-7-5-9-10(8(2)13-7)14-6-11(3,4)12-9/h7-10,12H,5-6H2,1-4H3. The van der Waals surface area contributed by atoms with Crippen LogP contribution in [0.1, 0.15) is 34.1 Å². The van der Waals surface area contributed by atoms with Gasteiger partial charge in [0.1, 0.15) is 0 Å². The molecule has 2 fully saturated rings. The smallest absolute Gasteiger partial charge is 0.0684 e. The Labute approximate surface area is 91.2 Å². The summed E-state index contributed by atoms with van der Waals surface area (Å²) in [6, 6.07) is 0.641. The van der Waals surface area contributed by atoms with E-state index in [4.69, 9.17) is 4.74 Å². The first kappa shape index (κ1) is 10.8. The minimum Gasteiger partial charge on any atom is -0.374 e. The van der Waals surface area contributed by atoms with Crippen LogP contribution in [0.3, 0.4) is 0 Å². The first-order valence-corrected chi connectivity index (χ1v) is 6.57. The molecule has 2 saturated heterocycles. The molecule has 2 aliphatic heterocycles. The lowest BCUT2D eigenvalue weighted by Gasteiger charge is -2.48. The van der Waals surface area contributed by atoms with Gasteiger partial charge in [-0.15, -0.1) is 0 Å². The molecule has 0 amide bonds. The monoisotopic (exact) mass is 215 g/mol. The number of nitrogens with one attached hydrogen (secondary N) is 1. The second-order valence-corrected chi connectivity index (χ2v) is 6.46. The zero-order chi connectivity index (χ0) is 10.3. The van der Waals surface area contributed by atoms with Gasteiger partial charge in [0.2, 0.25) is 0 Å². The highest BCUT2D eigenvalue weighted by atomic mass is 32.2. The molecular weight excluding hydrogens is 194 g/mol. The summed E-state index contributed by atoms with van der Waals surface area (Å²) in [6.45, 7) is 8.98. The van der Waals surface area contributed by atoms with Crippen molar-refractivity contribution in [3.63, 3.8) is 0 Å². The van der Waals surface area contributed by atoms with Gasteiger partial charge in [-0.25, -0.2) is 0 Å². The SMILES string of the molecule is CC1CC2NC(C)(C)CSC2C(C)O1. The lowest BCUT2D eigenvalue weighted by molar-refractivity contribution is -0.0421. The molecule has 0 spiro atoms. The summed E-state index contributed by atoms with van der Waals surface area (Å²) in [4.78, 5) is 0. The van der Waals surface area contributed by atoms with Gasteiger partial charge in [0, 0.05) is 22.6 Å². The highest BCUT2D eigenvalue weighted by Crippen LogP contribution is 2.35. The van der Waals surface area contributed by atoms with Crippen LogP contribution in [0.25, 0.3) is 0 Å². The molecular formula is C11H21NOS. The van der Waals surface area contributed by atoms with Crippen molar-refractivity contribution < 1.29 is 4.74 Å². The van der Waals surface area contributed by atoms with E-state index in [1.165, 1.54) is 5.75 Å². The van der Waals surface area contributed by atoms with Crippen molar-refractivity contribution in [1.29, 1.82) is 0 Å². The summed E-state index contributed by atoms with van der Waals surface area (Å²) in [6.07, 6.45) is 1.97. The van der Waals surface area contributed by atoms with E-state index in [0.717, 1.165) is 6.42 Å². The van der Waals surface area contributed by atoms with Crippen LogP contribution in [-0.4, -0.2) is 34.8 Å². The largest absolute Gasteiger partial charge is 0.374 e. The Morgan fingerprint density at radius 1 is 1.36 bits per heavy atom. The fourth-order valence-corrected chi connectivity index (χ4v) is 4.00. The third kappa shape index (κ3) is 2.10. The van der Waals surface area contributed by atoms with Crippen molar-refractivity contribution in [2.24, 2.45) is 0 Å². The molecule has 4 atom stereocenters. The van der Waals surface area contributed by atoms with Crippen LogP contribution in [0.15, 0.2) is 0 Å². The molecule has 0 saturated carbocycles. The third-order valence-electron chi connectivity index (χ3n) is 3.10. The van der Waals surface area contributed by atoms with Gasteiger partial charge in [-0.2, -0.15) is 11.8 Å². The van der Waals surface area contributed by atoms with Crippen molar-refractivity contribution in [3.8, 4) is 0 Å². The molecule has 0 aromatic carbocycles. The van der Waals surface area contributed by atoms with E-state index in [9.17, 15) is 0 Å². The molecule has 1 N–H and O–H groups in total. The zero-order valence-electron chi connectivity index (χ0n) is 9.54. The zero-order valence-corrected chi connectivity index (χ0v) is 10.4. The first-order valence-electron chi connectivity index (χ1n) is 5.53. The van der Waals surface area contributed by atoms with Gasteiger partial charge >= 0.3 is 0 Å². The Morgan fingerprint density at radius 2 is 2.07 bits per heavy atom. The molecule has 14 heavy (non-hydrogen) atoms. The molecule has 0 bridgehead atoms. The van der Waals surface area contributed by atoms with Gasteiger partial charge in [-0.3, -0.25) is 0 Å². The van der Waals surface area contributed by atoms with Gasteiger partial charge < -0.3 is 10.1 Å². The summed E-state index contributed by atoms with van der Waals surface area (Å²) in [5.41, 5.74) is 0.294. The number of hydrogen-bond donors (Lipinski definition) is 1. The van der Waals surface area contributed by atoms with Crippen LogP contribution < -0.4 is 5.32 Å². The van der Waals surface area contributed by atoms with E-state index in [0.29, 0.717) is 29.0 Å². The summed E-state index contributed by atoms with van der Waals surface area (Å²) in [7, 11) is 0. The Kier molecular flexibility index (Phi) is 2.84. The van der Waals surface area contributed by atoms with Crippen LogP contribution in [-0.2, 0) is 4.74 Å². The average molecular weight is 215 g/mol. The minimum absolute atomic E-state index is 0.294. The van der Waals surface area contributed by atoms with Crippen molar-refractivity contribution in [2.45, 2.75) is 63.2 Å². The van der Waals surface area contributed by atoms with E-state index < -0.39 is 0 Å². The maximum absolute atomic E-state index is 5.86. The van der Waals surface area contributed by atoms with Crippen molar-refractivity contribution in [3.05, 3.63) is 0 Å². The molecule has 2 heterocycles. The minimum atomic E-state index is 0.294. The lowest BCUT2D eigenvalue weighted by atomic mass is 9.95. The summed E-state index contributed by atoms with van der Waals surface area (Å²) in [5, 5.41) is 4.41. The molecule has 0 aromatic rings. The Morgan fingerprint density at radius 3 is 2.79 bits per heavy atom. The number of hydrogen-bond acceptors (Lipinski definition) is 3. The summed E-state index contributed by atoms with van der Waals surface area (Å²) < 4.78 is 5.86. The van der Waals surface area contributed by atoms with Crippen LogP contribution >= 0.6 is 11.8 Å². The van der Waals surface area contributed by atoms with Gasteiger partial charge in [-0.1, -0.05) is 0 Å². The van der Waals surface area contributed by atoms with E-state index in [1.807, 2.05) is 0 Å². The molecule has 4 unspecified atom stereocenters. The average Bonchev–Trinajstić information content (AvgIpc) is 2.00. The predicted octanol–water partition coefficient (Wildman–Crippen LogP) is 2.04. The molecule has 2 aliphatic rings. The van der Waals surface area contributed by atoms with Gasteiger partial charge in [-0.05, 0) is 34.1 Å². The van der Waals surface area contributed by atoms with Crippen LogP contribution in [0.5, 0.6) is 0 Å². The third-order valence-corrected chi connectivity index (χ3v) is 5.09. The van der Waals surface area contributed by atoms with Gasteiger partial charge in [0.25, 0.3) is 0 Å². The Balaban J connectivity index is 2.06. The second-order valence-electron chi connectivity index (χ2n) is 5.30. The molecule has 2 rings (SSSR count). The topological polar surface area (TPSA) is 21.3 Å². The highest BCUT2D eigenvalue weighted by Gasteiger charge is 2.41. The van der Waals surface area contributed by atoms with E-state index in [2.05, 4.69) is 44.8 Å². The number of rotatable bonds is 0. The summed E-state index contributed by atoms with van der Waals surface area (Å²) >= 11 is 2.08. The molecule has 2 nitrogen and oxygen atoms in total. The maximum Gasteiger partial charge on any atom is 0.0684 e. The van der Waals surface area contributed by atoms with E-state index >= 15 is 0 Å². The maximum atomic E-state index is 5.86. The van der Waals surface area contributed by atoms with Crippen molar-refractivity contribution in [1.82, 2.24) is 5.32 Å². The number of fused-ring (bicyclic) bond motifs is 1. The fraction of sp³-hybridized carbons (Fsp3) is 1.00. The van der Waals surface area contributed by atoms with Gasteiger partial charge in [0.15, 0.2) is 0 Å². The van der Waals surface area contributed by atoms with E-state index in [-0.39, 0.29) is 0 Å². The van der Waals surface area contributed by atoms with Crippen LogP contribution in [0.2, 0.25) is 0 Å². The van der Waals surface area contributed by atoms with Crippen molar-refractivity contribution in [2.75, 3.05) is 5.75 Å². The lowest BCUT2D eigenvalue weighted by Crippen LogP contribution is -2.61. The first-order chi connectivity index (χ1) is 6.48. The molecule has 0 radical (unpaired) electrons. The summed E-state index contributed by atoms with van der Waals surface area (Å²) in [5.74, 6) is 1.19. The molecule has 0 aliphatic carbocycles. The predicted molar refractivity (Wildman–Crippen MR) is 61.9 cm³/mol. The van der Waals surface area contributed by atoms with Crippen molar-refractivity contribution >= 4 is 11.8 Å². The number of ether oxygens (including phenoxy) is 1. The van der Waals surface area contributed by atoms with Crippen LogP contribution in [0.4, 0.5) is 0 Å². The number of thioether (sulfide) groups is 1. The Bertz CT molecular complexity index is 219. The quantitative estimate of drug-likeness (QED) is 0.668. The fourth-order valence-electron chi connectivity index (χ4n) is 2.56. The second kappa shape index (κ2) is 3.69.